The molecule has 1 aliphatic rings. The topological polar surface area (TPSA) is 25.2 Å². The molecule has 0 bridgehead atoms. The van der Waals surface area contributed by atoms with E-state index < -0.39 is 4.87 Å². The number of rotatable bonds is 2. The molecule has 2 aromatic carbocycles. The maximum absolute atomic E-state index is 14.4. The average molecular weight is 354 g/mol. The van der Waals surface area contributed by atoms with Crippen LogP contribution in [-0.2, 0) is 0 Å². The Morgan fingerprint density at radius 3 is 2.64 bits per heavy atom. The van der Waals surface area contributed by atoms with Crippen LogP contribution < -0.4 is 0 Å². The molecule has 1 aromatic heterocycles. The van der Waals surface area contributed by atoms with E-state index in [-0.39, 0.29) is 11.6 Å². The lowest BCUT2D eigenvalue weighted by molar-refractivity contribution is 0.591. The van der Waals surface area contributed by atoms with Crippen LogP contribution in [-0.4, -0.2) is 15.6 Å². The van der Waals surface area contributed by atoms with Crippen LogP contribution in [0.15, 0.2) is 58.5 Å². The summed E-state index contributed by atoms with van der Waals surface area (Å²) in [5.74, 6) is -0.593. The molecule has 5 heteroatoms. The van der Waals surface area contributed by atoms with E-state index in [2.05, 4.69) is 4.98 Å². The number of thioether (sulfide) groups is 1. The molecule has 4 rings (SSSR count). The fraction of sp³-hybridized carbons (Fsp3) is 0.200. The zero-order valence-corrected chi connectivity index (χ0v) is 14.7. The van der Waals surface area contributed by atoms with Gasteiger partial charge in [-0.25, -0.2) is 8.78 Å². The first kappa shape index (κ1) is 16.2. The van der Waals surface area contributed by atoms with Crippen molar-refractivity contribution >= 4 is 28.4 Å². The second-order valence-corrected chi connectivity index (χ2v) is 7.73. The summed E-state index contributed by atoms with van der Waals surface area (Å²) in [4.78, 5) is 9.33. The molecule has 1 atom stereocenters. The molecule has 1 aliphatic heterocycles. The van der Waals surface area contributed by atoms with Crippen LogP contribution in [0.4, 0.5) is 8.78 Å². The Morgan fingerprint density at radius 1 is 1.08 bits per heavy atom. The monoisotopic (exact) mass is 354 g/mol. The number of aromatic nitrogens is 1. The normalized spacial score (nSPS) is 19.6. The largest absolute Gasteiger partial charge is 0.266 e. The first-order chi connectivity index (χ1) is 12.0. The number of hydrogen-bond donors (Lipinski definition) is 0. The fourth-order valence-corrected chi connectivity index (χ4v) is 4.12. The Labute approximate surface area is 149 Å². The number of benzene rings is 2. The minimum absolute atomic E-state index is 0.241. The van der Waals surface area contributed by atoms with Gasteiger partial charge in [-0.05, 0) is 31.5 Å². The molecule has 3 aromatic rings. The van der Waals surface area contributed by atoms with Crippen LogP contribution in [0.2, 0.25) is 0 Å². The summed E-state index contributed by atoms with van der Waals surface area (Å²) in [5, 5.41) is 0.703. The Balaban J connectivity index is 1.95. The quantitative estimate of drug-likeness (QED) is 0.600. The highest BCUT2D eigenvalue weighted by molar-refractivity contribution is 8.00. The lowest BCUT2D eigenvalue weighted by atomic mass is 10.0. The van der Waals surface area contributed by atoms with Crippen molar-refractivity contribution in [3.63, 3.8) is 0 Å². The summed E-state index contributed by atoms with van der Waals surface area (Å²) in [6.07, 6.45) is 2.38. The standard InChI is InChI=1S/C20H16F2N2S/c1-3-20(2)24-17(14-7-5-9-16(22)19(14)25-20)13-10-12-6-4-8-15(21)18(12)23-11-13/h4-11H,3H2,1-2H3. The highest BCUT2D eigenvalue weighted by Gasteiger charge is 2.32. The number of pyridine rings is 1. The molecule has 126 valence electrons. The molecule has 0 spiro atoms. The average Bonchev–Trinajstić information content (AvgIpc) is 2.62. The first-order valence-corrected chi connectivity index (χ1v) is 8.95. The lowest BCUT2D eigenvalue weighted by Crippen LogP contribution is -2.25. The van der Waals surface area contributed by atoms with E-state index in [9.17, 15) is 8.78 Å². The van der Waals surface area contributed by atoms with Crippen molar-refractivity contribution in [1.29, 1.82) is 0 Å². The third-order valence-corrected chi connectivity index (χ3v) is 5.92. The predicted octanol–water partition coefficient (Wildman–Crippen LogP) is 5.58. The van der Waals surface area contributed by atoms with E-state index in [0.29, 0.717) is 21.5 Å². The second-order valence-electron chi connectivity index (χ2n) is 6.24. The third kappa shape index (κ3) is 2.72. The zero-order chi connectivity index (χ0) is 17.6. The highest BCUT2D eigenvalue weighted by atomic mass is 32.2. The molecule has 0 fully saturated rings. The third-order valence-electron chi connectivity index (χ3n) is 4.48. The van der Waals surface area contributed by atoms with Crippen molar-refractivity contribution in [2.45, 2.75) is 30.0 Å². The van der Waals surface area contributed by atoms with Crippen LogP contribution >= 0.6 is 11.8 Å². The van der Waals surface area contributed by atoms with E-state index in [1.165, 1.54) is 23.9 Å². The summed E-state index contributed by atoms with van der Waals surface area (Å²) >= 11 is 1.45. The molecular formula is C20H16F2N2S. The summed E-state index contributed by atoms with van der Waals surface area (Å²) in [7, 11) is 0. The number of halogens is 2. The Hall–Kier alpha value is -2.27. The summed E-state index contributed by atoms with van der Waals surface area (Å²) in [5.41, 5.74) is 2.56. The van der Waals surface area contributed by atoms with Crippen LogP contribution in [0.3, 0.4) is 0 Å². The zero-order valence-electron chi connectivity index (χ0n) is 13.9. The molecule has 0 radical (unpaired) electrons. The van der Waals surface area contributed by atoms with Crippen molar-refractivity contribution in [2.24, 2.45) is 4.99 Å². The molecule has 0 aliphatic carbocycles. The Kier molecular flexibility index (Phi) is 3.84. The van der Waals surface area contributed by atoms with E-state index in [1.807, 2.05) is 32.0 Å². The number of aliphatic imine (C=N–C) groups is 1. The van der Waals surface area contributed by atoms with Gasteiger partial charge in [0.25, 0.3) is 0 Å². The first-order valence-electron chi connectivity index (χ1n) is 8.13. The van der Waals surface area contributed by atoms with Crippen LogP contribution in [0, 0.1) is 11.6 Å². The van der Waals surface area contributed by atoms with E-state index in [1.54, 1.807) is 18.3 Å². The van der Waals surface area contributed by atoms with Crippen molar-refractivity contribution < 1.29 is 8.78 Å². The Morgan fingerprint density at radius 2 is 1.84 bits per heavy atom. The summed E-state index contributed by atoms with van der Waals surface area (Å²) in [6, 6.07) is 11.8. The maximum Gasteiger partial charge on any atom is 0.149 e. The van der Waals surface area contributed by atoms with Gasteiger partial charge in [-0.2, -0.15) is 0 Å². The van der Waals surface area contributed by atoms with Crippen molar-refractivity contribution in [1.82, 2.24) is 4.98 Å². The summed E-state index contributed by atoms with van der Waals surface area (Å²) < 4.78 is 28.3. The smallest absolute Gasteiger partial charge is 0.149 e. The molecule has 0 amide bonds. The number of para-hydroxylation sites is 1. The fourth-order valence-electron chi connectivity index (χ4n) is 2.96. The minimum Gasteiger partial charge on any atom is -0.266 e. The van der Waals surface area contributed by atoms with Gasteiger partial charge in [0.1, 0.15) is 22.0 Å². The molecule has 2 heterocycles. The van der Waals surface area contributed by atoms with Gasteiger partial charge in [0.15, 0.2) is 0 Å². The van der Waals surface area contributed by atoms with Gasteiger partial charge >= 0.3 is 0 Å². The van der Waals surface area contributed by atoms with Gasteiger partial charge in [0.05, 0.1) is 10.6 Å². The minimum atomic E-state index is -0.443. The number of hydrogen-bond acceptors (Lipinski definition) is 3. The van der Waals surface area contributed by atoms with Gasteiger partial charge in [-0.1, -0.05) is 43.0 Å². The molecule has 25 heavy (non-hydrogen) atoms. The summed E-state index contributed by atoms with van der Waals surface area (Å²) in [6.45, 7) is 4.04. The molecular weight excluding hydrogens is 338 g/mol. The van der Waals surface area contributed by atoms with Gasteiger partial charge in [-0.3, -0.25) is 9.98 Å². The molecule has 1 unspecified atom stereocenters. The molecule has 2 nitrogen and oxygen atoms in total. The Bertz CT molecular complexity index is 1020. The lowest BCUT2D eigenvalue weighted by Gasteiger charge is -2.31. The van der Waals surface area contributed by atoms with Crippen LogP contribution in [0.5, 0.6) is 0 Å². The molecule has 0 saturated heterocycles. The van der Waals surface area contributed by atoms with E-state index in [4.69, 9.17) is 4.99 Å². The van der Waals surface area contributed by atoms with Gasteiger partial charge < -0.3 is 0 Å². The van der Waals surface area contributed by atoms with Gasteiger partial charge in [0, 0.05) is 22.7 Å². The van der Waals surface area contributed by atoms with Crippen molar-refractivity contribution in [3.05, 3.63) is 71.4 Å². The number of nitrogens with zero attached hydrogens (tertiary/aromatic N) is 2. The molecule has 0 saturated carbocycles. The van der Waals surface area contributed by atoms with Crippen molar-refractivity contribution in [2.75, 3.05) is 0 Å². The predicted molar refractivity (Wildman–Crippen MR) is 98.3 cm³/mol. The van der Waals surface area contributed by atoms with Gasteiger partial charge in [-0.15, -0.1) is 0 Å². The van der Waals surface area contributed by atoms with E-state index >= 15 is 0 Å². The van der Waals surface area contributed by atoms with Crippen LogP contribution in [0.1, 0.15) is 31.4 Å². The van der Waals surface area contributed by atoms with Gasteiger partial charge in [0.2, 0.25) is 0 Å². The van der Waals surface area contributed by atoms with E-state index in [0.717, 1.165) is 17.5 Å². The highest BCUT2D eigenvalue weighted by Crippen LogP contribution is 2.44. The second kappa shape index (κ2) is 5.92. The maximum atomic E-state index is 14.4. The number of fused-ring (bicyclic) bond motifs is 2. The molecule has 0 N–H and O–H groups in total. The van der Waals surface area contributed by atoms with Crippen molar-refractivity contribution in [3.8, 4) is 0 Å². The SMILES string of the molecule is CCC1(C)N=C(c2cnc3c(F)cccc3c2)c2cccc(F)c2S1. The van der Waals surface area contributed by atoms with Crippen LogP contribution in [0.25, 0.3) is 10.9 Å².